The molecule has 3 nitrogen and oxygen atoms in total. The van der Waals surface area contributed by atoms with Crippen molar-refractivity contribution in [2.75, 3.05) is 13.1 Å². The summed E-state index contributed by atoms with van der Waals surface area (Å²) in [5.74, 6) is -0.443. The minimum absolute atomic E-state index is 0.0904. The maximum atomic E-state index is 13.8. The number of benzene rings is 2. The van der Waals surface area contributed by atoms with E-state index in [1.54, 1.807) is 0 Å². The lowest BCUT2D eigenvalue weighted by Gasteiger charge is -2.38. The zero-order chi connectivity index (χ0) is 25.2. The van der Waals surface area contributed by atoms with Crippen LogP contribution in [0.3, 0.4) is 0 Å². The first-order valence-corrected chi connectivity index (χ1v) is 12.5. The van der Waals surface area contributed by atoms with Gasteiger partial charge in [-0.15, -0.1) is 0 Å². The van der Waals surface area contributed by atoms with E-state index in [1.807, 2.05) is 19.9 Å². The molecule has 0 aromatic heterocycles. The van der Waals surface area contributed by atoms with Gasteiger partial charge in [-0.1, -0.05) is 44.2 Å². The summed E-state index contributed by atoms with van der Waals surface area (Å²) in [6.45, 7) is 5.95. The van der Waals surface area contributed by atoms with E-state index in [2.05, 4.69) is 34.5 Å². The topological polar surface area (TPSA) is 32.3 Å². The average Bonchev–Trinajstić information content (AvgIpc) is 3.29. The van der Waals surface area contributed by atoms with E-state index in [9.17, 15) is 22.4 Å². The second kappa shape index (κ2) is 10.3. The number of carbonyl (C=O) groups is 1. The van der Waals surface area contributed by atoms with Gasteiger partial charge in [-0.25, -0.2) is 4.39 Å². The van der Waals surface area contributed by atoms with Gasteiger partial charge in [0, 0.05) is 12.6 Å². The van der Waals surface area contributed by atoms with Gasteiger partial charge in [-0.3, -0.25) is 4.79 Å². The molecule has 2 atom stereocenters. The van der Waals surface area contributed by atoms with E-state index in [1.165, 1.54) is 5.56 Å². The molecule has 0 radical (unpaired) electrons. The molecule has 35 heavy (non-hydrogen) atoms. The van der Waals surface area contributed by atoms with Gasteiger partial charge in [0.25, 0.3) is 0 Å². The Hall–Kier alpha value is -2.41. The van der Waals surface area contributed by atoms with Crippen LogP contribution in [0.15, 0.2) is 48.5 Å². The molecule has 7 heteroatoms. The number of rotatable bonds is 6. The van der Waals surface area contributed by atoms with E-state index in [4.69, 9.17) is 0 Å². The first-order chi connectivity index (χ1) is 16.6. The molecule has 1 saturated carbocycles. The second-order valence-corrected chi connectivity index (χ2v) is 10.5. The SMILES string of the molecule is CC(C)C1(C(=O)NCc2cc(F)cc(C(F)(F)F)c2)CCC(N2CCC(c3ccccc3)CC2)C1. The minimum atomic E-state index is -4.63. The lowest BCUT2D eigenvalue weighted by atomic mass is 9.74. The molecule has 1 amide bonds. The van der Waals surface area contributed by atoms with Crippen molar-refractivity contribution in [1.82, 2.24) is 10.2 Å². The molecule has 1 N–H and O–H groups in total. The Bertz CT molecular complexity index is 1020. The number of piperidine rings is 1. The van der Waals surface area contributed by atoms with Crippen molar-refractivity contribution in [3.8, 4) is 0 Å². The average molecular weight is 491 g/mol. The number of hydrogen-bond acceptors (Lipinski definition) is 2. The van der Waals surface area contributed by atoms with E-state index >= 15 is 0 Å². The smallest absolute Gasteiger partial charge is 0.352 e. The molecule has 1 saturated heterocycles. The quantitative estimate of drug-likeness (QED) is 0.467. The van der Waals surface area contributed by atoms with Crippen LogP contribution in [0.1, 0.15) is 68.6 Å². The fraction of sp³-hybridized carbons (Fsp3) is 0.536. The van der Waals surface area contributed by atoms with Crippen molar-refractivity contribution in [2.45, 2.75) is 70.6 Å². The maximum absolute atomic E-state index is 13.8. The fourth-order valence-electron chi connectivity index (χ4n) is 5.95. The van der Waals surface area contributed by atoms with Gasteiger partial charge in [0.2, 0.25) is 5.91 Å². The van der Waals surface area contributed by atoms with Crippen molar-refractivity contribution in [3.63, 3.8) is 0 Å². The predicted octanol–water partition coefficient (Wildman–Crippen LogP) is 6.54. The van der Waals surface area contributed by atoms with Gasteiger partial charge in [0.1, 0.15) is 5.82 Å². The van der Waals surface area contributed by atoms with Crippen molar-refractivity contribution in [3.05, 3.63) is 71.0 Å². The number of nitrogens with zero attached hydrogens (tertiary/aromatic N) is 1. The lowest BCUT2D eigenvalue weighted by molar-refractivity contribution is -0.137. The Balaban J connectivity index is 1.38. The summed E-state index contributed by atoms with van der Waals surface area (Å²) < 4.78 is 52.9. The Morgan fingerprint density at radius 1 is 1.09 bits per heavy atom. The Morgan fingerprint density at radius 3 is 2.40 bits per heavy atom. The number of likely N-dealkylation sites (tertiary alicyclic amines) is 1. The van der Waals surface area contributed by atoms with Crippen molar-refractivity contribution >= 4 is 5.91 Å². The molecular weight excluding hydrogens is 456 g/mol. The van der Waals surface area contributed by atoms with Gasteiger partial charge >= 0.3 is 6.18 Å². The van der Waals surface area contributed by atoms with Crippen molar-refractivity contribution in [2.24, 2.45) is 11.3 Å². The van der Waals surface area contributed by atoms with Crippen LogP contribution in [0, 0.1) is 17.2 Å². The molecule has 2 fully saturated rings. The summed E-state index contributed by atoms with van der Waals surface area (Å²) >= 11 is 0. The van der Waals surface area contributed by atoms with Gasteiger partial charge in [0.15, 0.2) is 0 Å². The summed E-state index contributed by atoms with van der Waals surface area (Å²) in [5, 5.41) is 2.83. The van der Waals surface area contributed by atoms with Gasteiger partial charge in [-0.2, -0.15) is 13.2 Å². The monoisotopic (exact) mass is 490 g/mol. The molecule has 2 aromatic carbocycles. The molecule has 2 aromatic rings. The number of amides is 1. The van der Waals surface area contributed by atoms with Crippen LogP contribution in [0.25, 0.3) is 0 Å². The van der Waals surface area contributed by atoms with Crippen LogP contribution in [0.5, 0.6) is 0 Å². The zero-order valence-corrected chi connectivity index (χ0v) is 20.4. The van der Waals surface area contributed by atoms with E-state index in [0.717, 1.165) is 57.3 Å². The summed E-state index contributed by atoms with van der Waals surface area (Å²) in [7, 11) is 0. The van der Waals surface area contributed by atoms with Crippen molar-refractivity contribution in [1.29, 1.82) is 0 Å². The van der Waals surface area contributed by atoms with Crippen LogP contribution in [0.4, 0.5) is 17.6 Å². The third kappa shape index (κ3) is 5.71. The van der Waals surface area contributed by atoms with Crippen molar-refractivity contribution < 1.29 is 22.4 Å². The lowest BCUT2D eigenvalue weighted by Crippen LogP contribution is -2.45. The molecule has 1 aliphatic heterocycles. The largest absolute Gasteiger partial charge is 0.416 e. The number of hydrogen-bond donors (Lipinski definition) is 1. The Labute approximate surface area is 204 Å². The molecular formula is C28H34F4N2O. The number of nitrogens with one attached hydrogen (secondary N) is 1. The third-order valence-electron chi connectivity index (χ3n) is 8.14. The first kappa shape index (κ1) is 25.7. The number of alkyl halides is 3. The summed E-state index contributed by atoms with van der Waals surface area (Å²) in [6.07, 6.45) is -0.0162. The van der Waals surface area contributed by atoms with Crippen LogP contribution in [-0.2, 0) is 17.5 Å². The Kier molecular flexibility index (Phi) is 7.55. The molecule has 2 aliphatic rings. The van der Waals surface area contributed by atoms with Crippen LogP contribution in [-0.4, -0.2) is 29.9 Å². The fourth-order valence-corrected chi connectivity index (χ4v) is 5.95. The Morgan fingerprint density at radius 2 is 1.77 bits per heavy atom. The normalized spacial score (nSPS) is 24.1. The zero-order valence-electron chi connectivity index (χ0n) is 20.4. The van der Waals surface area contributed by atoms with Crippen LogP contribution >= 0.6 is 0 Å². The summed E-state index contributed by atoms with van der Waals surface area (Å²) in [4.78, 5) is 15.9. The first-order valence-electron chi connectivity index (χ1n) is 12.5. The van der Waals surface area contributed by atoms with Gasteiger partial charge in [0.05, 0.1) is 11.0 Å². The molecule has 0 spiro atoms. The van der Waals surface area contributed by atoms with E-state index < -0.39 is 23.0 Å². The maximum Gasteiger partial charge on any atom is 0.416 e. The van der Waals surface area contributed by atoms with Gasteiger partial charge < -0.3 is 10.2 Å². The number of carbonyl (C=O) groups excluding carboxylic acids is 1. The second-order valence-electron chi connectivity index (χ2n) is 10.5. The highest BCUT2D eigenvalue weighted by atomic mass is 19.4. The molecule has 0 bridgehead atoms. The molecule has 1 heterocycles. The highest BCUT2D eigenvalue weighted by Gasteiger charge is 2.49. The van der Waals surface area contributed by atoms with E-state index in [0.29, 0.717) is 18.0 Å². The van der Waals surface area contributed by atoms with E-state index in [-0.39, 0.29) is 23.9 Å². The predicted molar refractivity (Wildman–Crippen MR) is 128 cm³/mol. The summed E-state index contributed by atoms with van der Waals surface area (Å²) in [6, 6.07) is 13.3. The molecule has 2 unspecified atom stereocenters. The summed E-state index contributed by atoms with van der Waals surface area (Å²) in [5.41, 5.74) is -0.107. The molecule has 1 aliphatic carbocycles. The highest BCUT2D eigenvalue weighted by Crippen LogP contribution is 2.47. The van der Waals surface area contributed by atoms with Gasteiger partial charge in [-0.05, 0) is 86.4 Å². The molecule has 190 valence electrons. The third-order valence-corrected chi connectivity index (χ3v) is 8.14. The van der Waals surface area contributed by atoms with Crippen LogP contribution < -0.4 is 5.32 Å². The number of halogens is 4. The highest BCUT2D eigenvalue weighted by molar-refractivity contribution is 5.83. The minimum Gasteiger partial charge on any atom is -0.352 e. The van der Waals surface area contributed by atoms with Crippen LogP contribution in [0.2, 0.25) is 0 Å². The molecule has 4 rings (SSSR count). The standard InChI is InChI=1S/C28H34F4N2O/c1-19(2)27(26(35)33-18-20-14-23(28(30,31)32)16-24(29)15-20)11-8-25(17-27)34-12-9-22(10-13-34)21-6-4-3-5-7-21/h3-7,14-16,19,22,25H,8-13,17-18H2,1-2H3,(H,33,35).